The average molecular weight is 257 g/mol. The molecule has 0 bridgehead atoms. The van der Waals surface area contributed by atoms with Crippen LogP contribution < -0.4 is 0 Å². The summed E-state index contributed by atoms with van der Waals surface area (Å²) in [5.41, 5.74) is 6.12. The van der Waals surface area contributed by atoms with Crippen molar-refractivity contribution in [1.29, 1.82) is 0 Å². The monoisotopic (exact) mass is 256 g/mol. The van der Waals surface area contributed by atoms with Gasteiger partial charge in [-0.3, -0.25) is 0 Å². The Bertz CT molecular complexity index is 524. The lowest BCUT2D eigenvalue weighted by Crippen LogP contribution is -1.96. The van der Waals surface area contributed by atoms with Gasteiger partial charge in [-0.25, -0.2) is 9.97 Å². The molecule has 0 saturated carbocycles. The molecule has 0 aliphatic heterocycles. The second-order valence-corrected chi connectivity index (χ2v) is 4.08. The molecule has 0 aliphatic rings. The minimum Gasteiger partial charge on any atom is -0.250 e. The first kappa shape index (κ1) is 13.2. The smallest absolute Gasteiger partial charge is 0.0919 e. The van der Waals surface area contributed by atoms with Crippen LogP contribution in [0.2, 0.25) is 0 Å². The molecule has 86 valence electrons. The number of benzene rings is 1. The quantitative estimate of drug-likeness (QED) is 0.727. The fraction of sp³-hybridized carbons (Fsp3) is 0.333. The van der Waals surface area contributed by atoms with E-state index in [1.807, 2.05) is 26.8 Å². The van der Waals surface area contributed by atoms with Crippen molar-refractivity contribution >= 4 is 35.0 Å². The number of rotatable bonds is 1. The van der Waals surface area contributed by atoms with E-state index in [1.54, 1.807) is 0 Å². The molecule has 0 spiro atoms. The summed E-state index contributed by atoms with van der Waals surface area (Å²) in [6.07, 6.45) is 0. The summed E-state index contributed by atoms with van der Waals surface area (Å²) in [4.78, 5) is 9.07. The van der Waals surface area contributed by atoms with Crippen LogP contribution in [0.25, 0.3) is 11.0 Å². The highest BCUT2D eigenvalue weighted by molar-refractivity contribution is 6.17. The zero-order valence-corrected chi connectivity index (χ0v) is 11.1. The van der Waals surface area contributed by atoms with Gasteiger partial charge in [0, 0.05) is 5.88 Å². The van der Waals surface area contributed by atoms with Gasteiger partial charge < -0.3 is 0 Å². The molecule has 0 radical (unpaired) electrons. The van der Waals surface area contributed by atoms with Gasteiger partial charge in [-0.1, -0.05) is 6.07 Å². The van der Waals surface area contributed by atoms with Crippen molar-refractivity contribution in [2.24, 2.45) is 0 Å². The van der Waals surface area contributed by atoms with E-state index >= 15 is 0 Å². The Kier molecular flexibility index (Phi) is 4.11. The van der Waals surface area contributed by atoms with Crippen molar-refractivity contribution in [3.05, 3.63) is 34.6 Å². The SMILES string of the molecule is Cc1nc2cc(CCl)cc(C)c2nc1C.Cl. The lowest BCUT2D eigenvalue weighted by molar-refractivity contribution is 1.09. The highest BCUT2D eigenvalue weighted by Gasteiger charge is 2.05. The van der Waals surface area contributed by atoms with E-state index in [-0.39, 0.29) is 12.4 Å². The molecule has 1 aromatic carbocycles. The maximum absolute atomic E-state index is 5.82. The summed E-state index contributed by atoms with van der Waals surface area (Å²) in [5, 5.41) is 0. The molecule has 1 aromatic heterocycles. The maximum Gasteiger partial charge on any atom is 0.0919 e. The van der Waals surface area contributed by atoms with Crippen LogP contribution in [0.15, 0.2) is 12.1 Å². The summed E-state index contributed by atoms with van der Waals surface area (Å²) in [7, 11) is 0. The molecule has 0 unspecified atom stereocenters. The highest BCUT2D eigenvalue weighted by Crippen LogP contribution is 2.19. The Balaban J connectivity index is 0.00000128. The predicted molar refractivity (Wildman–Crippen MR) is 70.6 cm³/mol. The van der Waals surface area contributed by atoms with Crippen LogP contribution in [0, 0.1) is 20.8 Å². The number of hydrogen-bond donors (Lipinski definition) is 0. The van der Waals surface area contributed by atoms with Gasteiger partial charge in [-0.2, -0.15) is 0 Å². The Labute approximate surface area is 106 Å². The number of aryl methyl sites for hydroxylation is 3. The molecule has 1 heterocycles. The zero-order valence-electron chi connectivity index (χ0n) is 9.54. The third-order valence-electron chi connectivity index (χ3n) is 2.59. The molecule has 2 aromatic rings. The van der Waals surface area contributed by atoms with Gasteiger partial charge in [-0.05, 0) is 38.0 Å². The van der Waals surface area contributed by atoms with Gasteiger partial charge in [0.2, 0.25) is 0 Å². The topological polar surface area (TPSA) is 25.8 Å². The van der Waals surface area contributed by atoms with Gasteiger partial charge in [0.25, 0.3) is 0 Å². The third kappa shape index (κ3) is 2.28. The van der Waals surface area contributed by atoms with Crippen LogP contribution in [-0.2, 0) is 5.88 Å². The molecule has 4 heteroatoms. The van der Waals surface area contributed by atoms with Gasteiger partial charge >= 0.3 is 0 Å². The van der Waals surface area contributed by atoms with E-state index in [1.165, 1.54) is 0 Å². The van der Waals surface area contributed by atoms with E-state index in [2.05, 4.69) is 16.0 Å². The van der Waals surface area contributed by atoms with Crippen molar-refractivity contribution in [3.63, 3.8) is 0 Å². The van der Waals surface area contributed by atoms with E-state index in [9.17, 15) is 0 Å². The number of hydrogen-bond acceptors (Lipinski definition) is 2. The lowest BCUT2D eigenvalue weighted by atomic mass is 10.1. The van der Waals surface area contributed by atoms with Gasteiger partial charge in [0.1, 0.15) is 0 Å². The van der Waals surface area contributed by atoms with Crippen LogP contribution >= 0.6 is 24.0 Å². The van der Waals surface area contributed by atoms with Crippen LogP contribution in [0.4, 0.5) is 0 Å². The normalized spacial score (nSPS) is 10.2. The van der Waals surface area contributed by atoms with Crippen LogP contribution in [0.5, 0.6) is 0 Å². The standard InChI is InChI=1S/C12H13ClN2.ClH/c1-7-4-10(6-13)5-11-12(7)15-9(3)8(2)14-11;/h4-5H,6H2,1-3H3;1H. The molecule has 16 heavy (non-hydrogen) atoms. The fourth-order valence-corrected chi connectivity index (χ4v) is 1.81. The molecular formula is C12H14Cl2N2. The number of aromatic nitrogens is 2. The summed E-state index contributed by atoms with van der Waals surface area (Å²) in [5.74, 6) is 0.519. The summed E-state index contributed by atoms with van der Waals surface area (Å²) in [6, 6.07) is 4.08. The molecule has 0 aliphatic carbocycles. The first-order valence-electron chi connectivity index (χ1n) is 4.92. The van der Waals surface area contributed by atoms with Crippen molar-refractivity contribution < 1.29 is 0 Å². The van der Waals surface area contributed by atoms with E-state index < -0.39 is 0 Å². The van der Waals surface area contributed by atoms with Crippen molar-refractivity contribution in [2.75, 3.05) is 0 Å². The third-order valence-corrected chi connectivity index (χ3v) is 2.89. The lowest BCUT2D eigenvalue weighted by Gasteiger charge is -2.06. The molecule has 0 amide bonds. The van der Waals surface area contributed by atoms with Crippen molar-refractivity contribution in [2.45, 2.75) is 26.7 Å². The highest BCUT2D eigenvalue weighted by atomic mass is 35.5. The van der Waals surface area contributed by atoms with E-state index in [0.717, 1.165) is 33.5 Å². The Morgan fingerprint density at radius 1 is 1.06 bits per heavy atom. The molecule has 2 nitrogen and oxygen atoms in total. The second-order valence-electron chi connectivity index (χ2n) is 3.81. The van der Waals surface area contributed by atoms with E-state index in [0.29, 0.717) is 5.88 Å². The van der Waals surface area contributed by atoms with Crippen LogP contribution in [-0.4, -0.2) is 9.97 Å². The van der Waals surface area contributed by atoms with Crippen molar-refractivity contribution in [1.82, 2.24) is 9.97 Å². The zero-order chi connectivity index (χ0) is 11.0. The van der Waals surface area contributed by atoms with E-state index in [4.69, 9.17) is 11.6 Å². The number of alkyl halides is 1. The first-order valence-corrected chi connectivity index (χ1v) is 5.45. The van der Waals surface area contributed by atoms with Gasteiger partial charge in [0.15, 0.2) is 0 Å². The number of nitrogens with zero attached hydrogens (tertiary/aromatic N) is 2. The molecule has 0 N–H and O–H groups in total. The predicted octanol–water partition coefficient (Wildman–Crippen LogP) is 3.72. The Morgan fingerprint density at radius 2 is 1.69 bits per heavy atom. The largest absolute Gasteiger partial charge is 0.250 e. The molecule has 2 rings (SSSR count). The summed E-state index contributed by atoms with van der Waals surface area (Å²) in [6.45, 7) is 6.00. The van der Waals surface area contributed by atoms with Gasteiger partial charge in [0.05, 0.1) is 22.4 Å². The number of halogens is 2. The Morgan fingerprint density at radius 3 is 2.31 bits per heavy atom. The van der Waals surface area contributed by atoms with Gasteiger partial charge in [-0.15, -0.1) is 24.0 Å². The maximum atomic E-state index is 5.82. The average Bonchev–Trinajstić information content (AvgIpc) is 2.21. The van der Waals surface area contributed by atoms with Crippen molar-refractivity contribution in [3.8, 4) is 0 Å². The molecule has 0 atom stereocenters. The van der Waals surface area contributed by atoms with Crippen LogP contribution in [0.1, 0.15) is 22.5 Å². The van der Waals surface area contributed by atoms with Crippen LogP contribution in [0.3, 0.4) is 0 Å². The molecular weight excluding hydrogens is 243 g/mol. The fourth-order valence-electron chi connectivity index (χ4n) is 1.65. The first-order chi connectivity index (χ1) is 7.11. The molecule has 0 fully saturated rings. The minimum absolute atomic E-state index is 0. The molecule has 0 saturated heterocycles. The minimum atomic E-state index is 0. The number of fused-ring (bicyclic) bond motifs is 1. The summed E-state index contributed by atoms with van der Waals surface area (Å²) >= 11 is 5.82. The summed E-state index contributed by atoms with van der Waals surface area (Å²) < 4.78 is 0. The Hall–Kier alpha value is -0.860. The second kappa shape index (κ2) is 4.98.